The van der Waals surface area contributed by atoms with Crippen LogP contribution in [-0.2, 0) is 0 Å². The van der Waals surface area contributed by atoms with Gasteiger partial charge in [-0.2, -0.15) is 0 Å². The molecule has 0 radical (unpaired) electrons. The summed E-state index contributed by atoms with van der Waals surface area (Å²) in [5, 5.41) is 0. The van der Waals surface area contributed by atoms with Crippen molar-refractivity contribution in [1.82, 2.24) is 9.80 Å². The maximum absolute atomic E-state index is 2.80. The standard InChI is InChI=1S/C38H80N2/c1-6-9-11-13-15-17-19-21-23-25-27-29-31-33-36-40(38(4)39(5)35-8-3)37-34-32-30-28-26-24-22-20-18-16-14-12-10-7-2/h38H,6-37H2,1-5H3. The minimum Gasteiger partial charge on any atom is -0.291 e. The van der Waals surface area contributed by atoms with Crippen LogP contribution in [0.15, 0.2) is 0 Å². The molecule has 0 saturated heterocycles. The summed E-state index contributed by atoms with van der Waals surface area (Å²) >= 11 is 0. The first-order valence-corrected chi connectivity index (χ1v) is 19.1. The Morgan fingerprint density at radius 3 is 0.825 bits per heavy atom. The van der Waals surface area contributed by atoms with Gasteiger partial charge in [-0.05, 0) is 52.9 Å². The van der Waals surface area contributed by atoms with Gasteiger partial charge in [-0.3, -0.25) is 9.80 Å². The highest BCUT2D eigenvalue weighted by Gasteiger charge is 2.16. The Labute approximate surface area is 256 Å². The fraction of sp³-hybridized carbons (Fsp3) is 1.00. The summed E-state index contributed by atoms with van der Waals surface area (Å²) in [5.41, 5.74) is 0. The Hall–Kier alpha value is -0.0800. The summed E-state index contributed by atoms with van der Waals surface area (Å²) in [7, 11) is 2.33. The van der Waals surface area contributed by atoms with Crippen molar-refractivity contribution in [3.63, 3.8) is 0 Å². The number of unbranched alkanes of at least 4 members (excludes halogenated alkanes) is 26. The summed E-state index contributed by atoms with van der Waals surface area (Å²) in [6, 6.07) is 0. The van der Waals surface area contributed by atoms with Gasteiger partial charge in [0.1, 0.15) is 0 Å². The molecule has 2 heteroatoms. The molecule has 0 aromatic carbocycles. The van der Waals surface area contributed by atoms with E-state index < -0.39 is 0 Å². The lowest BCUT2D eigenvalue weighted by atomic mass is 10.0. The second-order valence-corrected chi connectivity index (χ2v) is 13.3. The van der Waals surface area contributed by atoms with E-state index in [0.29, 0.717) is 6.17 Å². The first-order valence-electron chi connectivity index (χ1n) is 19.1. The van der Waals surface area contributed by atoms with Crippen LogP contribution in [0.25, 0.3) is 0 Å². The SMILES string of the molecule is CCCCCCCCCCCCCCCCN(CCCCCCCCCCCCCCCC)C(C)N(C)CCC. The van der Waals surface area contributed by atoms with Crippen molar-refractivity contribution in [3.8, 4) is 0 Å². The number of hydrogen-bond donors (Lipinski definition) is 0. The molecule has 2 nitrogen and oxygen atoms in total. The molecule has 0 rings (SSSR count). The third-order valence-electron chi connectivity index (χ3n) is 9.34. The molecule has 40 heavy (non-hydrogen) atoms. The molecule has 0 N–H and O–H groups in total. The predicted molar refractivity (Wildman–Crippen MR) is 185 cm³/mol. The molecule has 0 aliphatic heterocycles. The van der Waals surface area contributed by atoms with Crippen LogP contribution >= 0.6 is 0 Å². The van der Waals surface area contributed by atoms with Crippen LogP contribution in [0.3, 0.4) is 0 Å². The summed E-state index contributed by atoms with van der Waals surface area (Å²) in [6.45, 7) is 13.2. The summed E-state index contributed by atoms with van der Waals surface area (Å²) in [5.74, 6) is 0. The van der Waals surface area contributed by atoms with Crippen molar-refractivity contribution >= 4 is 0 Å². The predicted octanol–water partition coefficient (Wildman–Crippen LogP) is 12.9. The number of nitrogens with zero attached hydrogens (tertiary/aromatic N) is 2. The maximum atomic E-state index is 2.80. The van der Waals surface area contributed by atoms with Crippen LogP contribution in [-0.4, -0.2) is 42.6 Å². The molecule has 0 aromatic heterocycles. The van der Waals surface area contributed by atoms with Crippen molar-refractivity contribution in [1.29, 1.82) is 0 Å². The van der Waals surface area contributed by atoms with E-state index in [2.05, 4.69) is 44.5 Å². The average molecular weight is 565 g/mol. The van der Waals surface area contributed by atoms with Gasteiger partial charge in [-0.25, -0.2) is 0 Å². The van der Waals surface area contributed by atoms with Crippen LogP contribution in [0.5, 0.6) is 0 Å². The van der Waals surface area contributed by atoms with Crippen LogP contribution in [0.1, 0.15) is 214 Å². The van der Waals surface area contributed by atoms with E-state index in [1.165, 1.54) is 206 Å². The zero-order chi connectivity index (χ0) is 29.4. The van der Waals surface area contributed by atoms with E-state index in [1.54, 1.807) is 0 Å². The molecule has 0 aliphatic rings. The molecule has 0 bridgehead atoms. The highest BCUT2D eigenvalue weighted by molar-refractivity contribution is 4.68. The summed E-state index contributed by atoms with van der Waals surface area (Å²) in [6.07, 6.45) is 42.4. The highest BCUT2D eigenvalue weighted by Crippen LogP contribution is 2.16. The molecule has 0 aliphatic carbocycles. The van der Waals surface area contributed by atoms with Gasteiger partial charge in [0.15, 0.2) is 0 Å². The van der Waals surface area contributed by atoms with Crippen LogP contribution in [0, 0.1) is 0 Å². The summed E-state index contributed by atoms with van der Waals surface area (Å²) in [4.78, 5) is 5.38. The lowest BCUT2D eigenvalue weighted by Crippen LogP contribution is -2.45. The van der Waals surface area contributed by atoms with Gasteiger partial charge in [0, 0.05) is 0 Å². The Bertz CT molecular complexity index is 419. The second kappa shape index (κ2) is 33.4. The fourth-order valence-electron chi connectivity index (χ4n) is 6.32. The smallest absolute Gasteiger partial charge is 0.0590 e. The Morgan fingerprint density at radius 2 is 0.575 bits per heavy atom. The molecular weight excluding hydrogens is 484 g/mol. The lowest BCUT2D eigenvalue weighted by Gasteiger charge is -2.35. The van der Waals surface area contributed by atoms with Gasteiger partial charge >= 0.3 is 0 Å². The minimum atomic E-state index is 0.587. The van der Waals surface area contributed by atoms with E-state index in [9.17, 15) is 0 Å². The Morgan fingerprint density at radius 1 is 0.325 bits per heavy atom. The number of hydrogen-bond acceptors (Lipinski definition) is 2. The van der Waals surface area contributed by atoms with E-state index in [0.717, 1.165) is 0 Å². The topological polar surface area (TPSA) is 6.48 Å². The fourth-order valence-corrected chi connectivity index (χ4v) is 6.32. The lowest BCUT2D eigenvalue weighted by molar-refractivity contribution is 0.0710. The minimum absolute atomic E-state index is 0.587. The molecule has 1 unspecified atom stereocenters. The second-order valence-electron chi connectivity index (χ2n) is 13.3. The largest absolute Gasteiger partial charge is 0.291 e. The number of rotatable bonds is 34. The van der Waals surface area contributed by atoms with Gasteiger partial charge in [-0.1, -0.05) is 188 Å². The molecule has 0 heterocycles. The third-order valence-corrected chi connectivity index (χ3v) is 9.34. The quantitative estimate of drug-likeness (QED) is 0.0566. The van der Waals surface area contributed by atoms with Crippen molar-refractivity contribution in [2.45, 2.75) is 220 Å². The molecule has 0 amide bonds. The Balaban J connectivity index is 3.82. The summed E-state index contributed by atoms with van der Waals surface area (Å²) < 4.78 is 0. The van der Waals surface area contributed by atoms with Gasteiger partial charge < -0.3 is 0 Å². The van der Waals surface area contributed by atoms with Crippen molar-refractivity contribution < 1.29 is 0 Å². The normalized spacial score (nSPS) is 12.7. The van der Waals surface area contributed by atoms with Crippen LogP contribution < -0.4 is 0 Å². The molecule has 0 aromatic rings. The molecular formula is C38H80N2. The highest BCUT2D eigenvalue weighted by atomic mass is 15.3. The van der Waals surface area contributed by atoms with Gasteiger partial charge in [0.05, 0.1) is 6.17 Å². The molecule has 1 atom stereocenters. The zero-order valence-corrected chi connectivity index (χ0v) is 29.1. The molecule has 0 fully saturated rings. The maximum Gasteiger partial charge on any atom is 0.0590 e. The van der Waals surface area contributed by atoms with Crippen molar-refractivity contribution in [2.75, 3.05) is 26.7 Å². The first-order chi connectivity index (χ1) is 19.7. The molecule has 0 saturated carbocycles. The van der Waals surface area contributed by atoms with Crippen molar-refractivity contribution in [3.05, 3.63) is 0 Å². The molecule has 242 valence electrons. The first kappa shape index (κ1) is 39.9. The van der Waals surface area contributed by atoms with Crippen LogP contribution in [0.2, 0.25) is 0 Å². The van der Waals surface area contributed by atoms with Gasteiger partial charge in [0.2, 0.25) is 0 Å². The monoisotopic (exact) mass is 565 g/mol. The van der Waals surface area contributed by atoms with E-state index in [1.807, 2.05) is 0 Å². The van der Waals surface area contributed by atoms with Gasteiger partial charge in [0.25, 0.3) is 0 Å². The van der Waals surface area contributed by atoms with E-state index in [-0.39, 0.29) is 0 Å². The third kappa shape index (κ3) is 28.1. The average Bonchev–Trinajstić information content (AvgIpc) is 2.96. The van der Waals surface area contributed by atoms with Crippen molar-refractivity contribution in [2.24, 2.45) is 0 Å². The zero-order valence-electron chi connectivity index (χ0n) is 29.1. The van der Waals surface area contributed by atoms with E-state index >= 15 is 0 Å². The van der Waals surface area contributed by atoms with Gasteiger partial charge in [-0.15, -0.1) is 0 Å². The van der Waals surface area contributed by atoms with Crippen LogP contribution in [0.4, 0.5) is 0 Å². The Kier molecular flexibility index (Phi) is 33.4. The molecule has 0 spiro atoms. The van der Waals surface area contributed by atoms with E-state index in [4.69, 9.17) is 0 Å².